The molecule has 0 amide bonds. The number of ether oxygens (including phenoxy) is 1. The lowest BCUT2D eigenvalue weighted by Gasteiger charge is -2.13. The standard InChI is InChI=1S/C15H19NO3/c1-3-16(2)9-4-10-18-13-7-5-12-6-8-15(17)19-14(12)11-13/h5-8,11H,3-4,9-10H2,1-2H3. The Balaban J connectivity index is 1.95. The third-order valence-corrected chi connectivity index (χ3v) is 3.09. The van der Waals surface area contributed by atoms with Crippen molar-refractivity contribution in [3.8, 4) is 5.75 Å². The number of hydrogen-bond acceptors (Lipinski definition) is 4. The topological polar surface area (TPSA) is 42.7 Å². The summed E-state index contributed by atoms with van der Waals surface area (Å²) in [5.74, 6) is 0.737. The summed E-state index contributed by atoms with van der Waals surface area (Å²) in [6.07, 6.45) is 0.973. The van der Waals surface area contributed by atoms with E-state index in [1.807, 2.05) is 12.1 Å². The van der Waals surface area contributed by atoms with Gasteiger partial charge in [0.05, 0.1) is 6.61 Å². The Bertz CT molecular complexity index is 591. The van der Waals surface area contributed by atoms with E-state index in [4.69, 9.17) is 9.15 Å². The van der Waals surface area contributed by atoms with Gasteiger partial charge in [-0.25, -0.2) is 4.79 Å². The molecule has 0 fully saturated rings. The zero-order chi connectivity index (χ0) is 13.7. The summed E-state index contributed by atoms with van der Waals surface area (Å²) in [4.78, 5) is 13.4. The maximum atomic E-state index is 11.2. The predicted octanol–water partition coefficient (Wildman–Crippen LogP) is 2.51. The molecule has 0 aliphatic heterocycles. The lowest BCUT2D eigenvalue weighted by molar-refractivity contribution is 0.268. The van der Waals surface area contributed by atoms with Crippen LogP contribution in [0.3, 0.4) is 0 Å². The summed E-state index contributed by atoms with van der Waals surface area (Å²) < 4.78 is 10.8. The molecule has 1 aromatic carbocycles. The molecule has 1 aromatic heterocycles. The summed E-state index contributed by atoms with van der Waals surface area (Å²) in [6, 6.07) is 8.72. The molecule has 2 aromatic rings. The van der Waals surface area contributed by atoms with Gasteiger partial charge in [-0.2, -0.15) is 0 Å². The monoisotopic (exact) mass is 261 g/mol. The van der Waals surface area contributed by atoms with Crippen LogP contribution in [0.5, 0.6) is 5.75 Å². The highest BCUT2D eigenvalue weighted by atomic mass is 16.5. The van der Waals surface area contributed by atoms with Crippen molar-refractivity contribution in [1.29, 1.82) is 0 Å². The molecule has 0 spiro atoms. The smallest absolute Gasteiger partial charge is 0.336 e. The molecular formula is C15H19NO3. The molecule has 0 unspecified atom stereocenters. The van der Waals surface area contributed by atoms with Crippen LogP contribution < -0.4 is 10.4 Å². The van der Waals surface area contributed by atoms with Gasteiger partial charge in [0.2, 0.25) is 0 Å². The van der Waals surface area contributed by atoms with Crippen molar-refractivity contribution in [2.75, 3.05) is 26.7 Å². The van der Waals surface area contributed by atoms with Crippen LogP contribution >= 0.6 is 0 Å². The van der Waals surface area contributed by atoms with Gasteiger partial charge in [0.15, 0.2) is 0 Å². The lowest BCUT2D eigenvalue weighted by atomic mass is 10.2. The molecule has 0 saturated heterocycles. The minimum Gasteiger partial charge on any atom is -0.493 e. The van der Waals surface area contributed by atoms with E-state index in [-0.39, 0.29) is 5.63 Å². The average molecular weight is 261 g/mol. The van der Waals surface area contributed by atoms with Crippen LogP contribution in [0, 0.1) is 0 Å². The first kappa shape index (κ1) is 13.6. The molecule has 1 heterocycles. The second-order valence-electron chi connectivity index (χ2n) is 4.55. The highest BCUT2D eigenvalue weighted by molar-refractivity contribution is 5.77. The highest BCUT2D eigenvalue weighted by Gasteiger charge is 2.01. The maximum Gasteiger partial charge on any atom is 0.336 e. The Labute approximate surface area is 112 Å². The quantitative estimate of drug-likeness (QED) is 0.592. The largest absolute Gasteiger partial charge is 0.493 e. The summed E-state index contributed by atoms with van der Waals surface area (Å²) in [7, 11) is 2.09. The minimum absolute atomic E-state index is 0.339. The van der Waals surface area contributed by atoms with Crippen LogP contribution in [0.1, 0.15) is 13.3 Å². The first-order valence-corrected chi connectivity index (χ1v) is 6.54. The molecule has 0 aliphatic rings. The van der Waals surface area contributed by atoms with E-state index in [1.165, 1.54) is 6.07 Å². The van der Waals surface area contributed by atoms with Gasteiger partial charge in [0.1, 0.15) is 11.3 Å². The van der Waals surface area contributed by atoms with Gasteiger partial charge in [-0.05, 0) is 38.2 Å². The van der Waals surface area contributed by atoms with Crippen molar-refractivity contribution in [2.24, 2.45) is 0 Å². The number of fused-ring (bicyclic) bond motifs is 1. The van der Waals surface area contributed by atoms with Gasteiger partial charge in [0.25, 0.3) is 0 Å². The molecule has 0 N–H and O–H groups in total. The molecular weight excluding hydrogens is 242 g/mol. The fourth-order valence-electron chi connectivity index (χ4n) is 1.81. The van der Waals surface area contributed by atoms with Gasteiger partial charge in [0, 0.05) is 24.1 Å². The molecule has 102 valence electrons. The second kappa shape index (κ2) is 6.38. The normalized spacial score (nSPS) is 11.1. The summed E-state index contributed by atoms with van der Waals surface area (Å²) in [5.41, 5.74) is 0.227. The molecule has 0 bridgehead atoms. The van der Waals surface area contributed by atoms with E-state index < -0.39 is 0 Å². The average Bonchev–Trinajstić information content (AvgIpc) is 2.42. The highest BCUT2D eigenvalue weighted by Crippen LogP contribution is 2.19. The van der Waals surface area contributed by atoms with E-state index in [0.29, 0.717) is 12.2 Å². The van der Waals surface area contributed by atoms with Crippen molar-refractivity contribution in [3.05, 3.63) is 40.8 Å². The summed E-state index contributed by atoms with van der Waals surface area (Å²) in [5, 5.41) is 0.901. The molecule has 4 nitrogen and oxygen atoms in total. The van der Waals surface area contributed by atoms with Gasteiger partial charge < -0.3 is 14.1 Å². The number of hydrogen-bond donors (Lipinski definition) is 0. The van der Waals surface area contributed by atoms with Crippen LogP contribution in [0.4, 0.5) is 0 Å². The third-order valence-electron chi connectivity index (χ3n) is 3.09. The van der Waals surface area contributed by atoms with E-state index in [0.717, 1.165) is 30.6 Å². The van der Waals surface area contributed by atoms with E-state index in [2.05, 4.69) is 18.9 Å². The molecule has 0 radical (unpaired) electrons. The second-order valence-corrected chi connectivity index (χ2v) is 4.55. The first-order valence-electron chi connectivity index (χ1n) is 6.54. The van der Waals surface area contributed by atoms with Gasteiger partial charge in [-0.1, -0.05) is 6.92 Å². The molecule has 2 rings (SSSR count). The Kier molecular flexibility index (Phi) is 4.58. The molecule has 4 heteroatoms. The van der Waals surface area contributed by atoms with Crippen molar-refractivity contribution in [2.45, 2.75) is 13.3 Å². The van der Waals surface area contributed by atoms with Gasteiger partial charge in [-0.3, -0.25) is 0 Å². The van der Waals surface area contributed by atoms with Gasteiger partial charge >= 0.3 is 5.63 Å². The Hall–Kier alpha value is -1.81. The van der Waals surface area contributed by atoms with E-state index in [9.17, 15) is 4.79 Å². The fraction of sp³-hybridized carbons (Fsp3) is 0.400. The zero-order valence-electron chi connectivity index (χ0n) is 11.4. The van der Waals surface area contributed by atoms with Crippen molar-refractivity contribution in [3.63, 3.8) is 0 Å². The number of nitrogens with zero attached hydrogens (tertiary/aromatic N) is 1. The molecule has 19 heavy (non-hydrogen) atoms. The van der Waals surface area contributed by atoms with E-state index in [1.54, 1.807) is 12.1 Å². The Morgan fingerprint density at radius 3 is 2.84 bits per heavy atom. The number of benzene rings is 1. The lowest BCUT2D eigenvalue weighted by Crippen LogP contribution is -2.20. The maximum absolute atomic E-state index is 11.2. The van der Waals surface area contributed by atoms with Crippen molar-refractivity contribution < 1.29 is 9.15 Å². The van der Waals surface area contributed by atoms with Crippen LogP contribution in [0.15, 0.2) is 39.5 Å². The minimum atomic E-state index is -0.339. The zero-order valence-corrected chi connectivity index (χ0v) is 11.4. The Morgan fingerprint density at radius 1 is 1.26 bits per heavy atom. The van der Waals surface area contributed by atoms with Crippen molar-refractivity contribution >= 4 is 11.0 Å². The SMILES string of the molecule is CCN(C)CCCOc1ccc2ccc(=O)oc2c1. The van der Waals surface area contributed by atoms with Crippen LogP contribution in [-0.2, 0) is 0 Å². The third kappa shape index (κ3) is 3.83. The molecule has 0 atom stereocenters. The van der Waals surface area contributed by atoms with Crippen molar-refractivity contribution in [1.82, 2.24) is 4.90 Å². The van der Waals surface area contributed by atoms with E-state index >= 15 is 0 Å². The first-order chi connectivity index (χ1) is 9.19. The summed E-state index contributed by atoms with van der Waals surface area (Å²) >= 11 is 0. The van der Waals surface area contributed by atoms with Crippen LogP contribution in [0.2, 0.25) is 0 Å². The fourth-order valence-corrected chi connectivity index (χ4v) is 1.81. The molecule has 0 aliphatic carbocycles. The van der Waals surface area contributed by atoms with Crippen LogP contribution in [-0.4, -0.2) is 31.6 Å². The number of rotatable bonds is 6. The van der Waals surface area contributed by atoms with Crippen LogP contribution in [0.25, 0.3) is 11.0 Å². The predicted molar refractivity (Wildman–Crippen MR) is 75.8 cm³/mol. The summed E-state index contributed by atoms with van der Waals surface area (Å²) in [6.45, 7) is 4.85. The molecule has 0 saturated carbocycles. The van der Waals surface area contributed by atoms with Gasteiger partial charge in [-0.15, -0.1) is 0 Å². The Morgan fingerprint density at radius 2 is 2.05 bits per heavy atom.